The molecule has 0 saturated carbocycles. The van der Waals surface area contributed by atoms with Crippen molar-refractivity contribution in [2.24, 2.45) is 0 Å². The van der Waals surface area contributed by atoms with Crippen LogP contribution in [0.4, 0.5) is 13.2 Å². The van der Waals surface area contributed by atoms with E-state index in [4.69, 9.17) is 0 Å². The van der Waals surface area contributed by atoms with Crippen molar-refractivity contribution in [3.05, 3.63) is 36.7 Å². The van der Waals surface area contributed by atoms with Gasteiger partial charge in [-0.15, -0.1) is 13.2 Å². The fraction of sp³-hybridized carbons (Fsp3) is 0.357. The minimum Gasteiger partial charge on any atom is -0.406 e. The van der Waals surface area contributed by atoms with E-state index in [1.807, 2.05) is 25.3 Å². The maximum atomic E-state index is 12.2. The third kappa shape index (κ3) is 3.31. The Hall–Kier alpha value is -1.98. The van der Waals surface area contributed by atoms with Gasteiger partial charge < -0.3 is 9.30 Å². The van der Waals surface area contributed by atoms with Crippen LogP contribution in [0.1, 0.15) is 20.8 Å². The van der Waals surface area contributed by atoms with Gasteiger partial charge in [-0.2, -0.15) is 0 Å². The van der Waals surface area contributed by atoms with Crippen molar-refractivity contribution in [1.29, 1.82) is 0 Å². The maximum Gasteiger partial charge on any atom is 0.573 e. The summed E-state index contributed by atoms with van der Waals surface area (Å²) in [6, 6.07) is 5.81. The predicted molar refractivity (Wildman–Crippen MR) is 69.3 cm³/mol. The number of halogens is 3. The number of alkyl halides is 3. The Bertz CT molecular complexity index is 597. The molecule has 2 aromatic rings. The lowest BCUT2D eigenvalue weighted by Crippen LogP contribution is -2.22. The molecule has 0 amide bonds. The molecule has 3 nitrogen and oxygen atoms in total. The quantitative estimate of drug-likeness (QED) is 0.826. The summed E-state index contributed by atoms with van der Waals surface area (Å²) in [5.41, 5.74) is 0.360. The molecule has 6 heteroatoms. The summed E-state index contributed by atoms with van der Waals surface area (Å²) in [6.07, 6.45) is -1.28. The van der Waals surface area contributed by atoms with E-state index in [0.717, 1.165) is 0 Å². The second-order valence-corrected chi connectivity index (χ2v) is 5.37. The van der Waals surface area contributed by atoms with Crippen LogP contribution < -0.4 is 4.74 Å². The molecule has 0 unspecified atom stereocenters. The molecule has 0 aliphatic carbocycles. The summed E-state index contributed by atoms with van der Waals surface area (Å²) < 4.78 is 42.6. The van der Waals surface area contributed by atoms with E-state index in [-0.39, 0.29) is 11.3 Å². The van der Waals surface area contributed by atoms with Gasteiger partial charge in [0.2, 0.25) is 0 Å². The van der Waals surface area contributed by atoms with Crippen LogP contribution in [0.25, 0.3) is 11.4 Å². The van der Waals surface area contributed by atoms with Gasteiger partial charge in [0.15, 0.2) is 0 Å². The van der Waals surface area contributed by atoms with Crippen LogP contribution in [0.3, 0.4) is 0 Å². The maximum absolute atomic E-state index is 12.2. The molecule has 0 N–H and O–H groups in total. The Balaban J connectivity index is 2.40. The molecule has 0 bridgehead atoms. The minimum atomic E-state index is -4.70. The summed E-state index contributed by atoms with van der Waals surface area (Å²) in [5, 5.41) is 0. The highest BCUT2D eigenvalue weighted by Crippen LogP contribution is 2.29. The highest BCUT2D eigenvalue weighted by molar-refractivity contribution is 5.58. The largest absolute Gasteiger partial charge is 0.573 e. The summed E-state index contributed by atoms with van der Waals surface area (Å²) in [4.78, 5) is 4.22. The number of rotatable bonds is 2. The Labute approximate surface area is 115 Å². The van der Waals surface area contributed by atoms with Crippen LogP contribution in [0.2, 0.25) is 0 Å². The Kier molecular flexibility index (Phi) is 3.50. The van der Waals surface area contributed by atoms with Crippen molar-refractivity contribution in [2.45, 2.75) is 32.7 Å². The van der Waals surface area contributed by atoms with Gasteiger partial charge in [-0.25, -0.2) is 4.98 Å². The van der Waals surface area contributed by atoms with E-state index in [9.17, 15) is 13.2 Å². The SMILES string of the molecule is CC(C)(C)n1ccnc1-c1cccc(OC(F)(F)F)c1. The number of hydrogen-bond donors (Lipinski definition) is 0. The first-order valence-corrected chi connectivity index (χ1v) is 6.07. The van der Waals surface area contributed by atoms with Gasteiger partial charge in [0.1, 0.15) is 11.6 Å². The standard InChI is InChI=1S/C14H15F3N2O/c1-13(2,3)19-8-7-18-12(19)10-5-4-6-11(9-10)20-14(15,16)17/h4-9H,1-3H3. The molecule has 1 heterocycles. The lowest BCUT2D eigenvalue weighted by Gasteiger charge is -2.23. The molecular weight excluding hydrogens is 269 g/mol. The molecule has 20 heavy (non-hydrogen) atoms. The smallest absolute Gasteiger partial charge is 0.406 e. The molecular formula is C14H15F3N2O. The fourth-order valence-electron chi connectivity index (χ4n) is 1.89. The van der Waals surface area contributed by atoms with E-state index >= 15 is 0 Å². The van der Waals surface area contributed by atoms with Gasteiger partial charge >= 0.3 is 6.36 Å². The van der Waals surface area contributed by atoms with E-state index in [2.05, 4.69) is 9.72 Å². The zero-order valence-corrected chi connectivity index (χ0v) is 11.4. The van der Waals surface area contributed by atoms with Crippen molar-refractivity contribution in [2.75, 3.05) is 0 Å². The third-order valence-corrected chi connectivity index (χ3v) is 2.69. The number of benzene rings is 1. The minimum absolute atomic E-state index is 0.216. The number of hydrogen-bond acceptors (Lipinski definition) is 2. The molecule has 2 rings (SSSR count). The number of nitrogens with zero attached hydrogens (tertiary/aromatic N) is 2. The van der Waals surface area contributed by atoms with Crippen molar-refractivity contribution in [3.8, 4) is 17.1 Å². The second-order valence-electron chi connectivity index (χ2n) is 5.37. The summed E-state index contributed by atoms with van der Waals surface area (Å²) in [6.45, 7) is 5.98. The molecule has 0 spiro atoms. The second kappa shape index (κ2) is 4.85. The Morgan fingerprint density at radius 2 is 1.85 bits per heavy atom. The number of imidazole rings is 1. The van der Waals surface area contributed by atoms with E-state index < -0.39 is 6.36 Å². The van der Waals surface area contributed by atoms with Gasteiger partial charge in [0, 0.05) is 23.5 Å². The van der Waals surface area contributed by atoms with E-state index in [1.54, 1.807) is 18.5 Å². The molecule has 0 saturated heterocycles. The topological polar surface area (TPSA) is 27.1 Å². The van der Waals surface area contributed by atoms with Crippen molar-refractivity contribution in [3.63, 3.8) is 0 Å². The van der Waals surface area contributed by atoms with Crippen LogP contribution in [-0.2, 0) is 5.54 Å². The van der Waals surface area contributed by atoms with E-state index in [1.165, 1.54) is 18.2 Å². The Morgan fingerprint density at radius 3 is 2.45 bits per heavy atom. The number of ether oxygens (including phenoxy) is 1. The molecule has 1 aromatic heterocycles. The van der Waals surface area contributed by atoms with E-state index in [0.29, 0.717) is 11.4 Å². The average Bonchev–Trinajstić information content (AvgIpc) is 2.75. The van der Waals surface area contributed by atoms with Crippen molar-refractivity contribution < 1.29 is 17.9 Å². The highest BCUT2D eigenvalue weighted by Gasteiger charge is 2.31. The third-order valence-electron chi connectivity index (χ3n) is 2.69. The van der Waals surface area contributed by atoms with Gasteiger partial charge in [-0.05, 0) is 32.9 Å². The zero-order valence-electron chi connectivity index (χ0n) is 11.4. The summed E-state index contributed by atoms with van der Waals surface area (Å²) in [5.74, 6) is 0.351. The monoisotopic (exact) mass is 284 g/mol. The predicted octanol–water partition coefficient (Wildman–Crippen LogP) is 4.20. The normalized spacial score (nSPS) is 12.5. The first-order valence-electron chi connectivity index (χ1n) is 6.07. The lowest BCUT2D eigenvalue weighted by atomic mass is 10.1. The first kappa shape index (κ1) is 14.4. The number of aromatic nitrogens is 2. The van der Waals surface area contributed by atoms with Gasteiger partial charge in [-0.3, -0.25) is 0 Å². The van der Waals surface area contributed by atoms with Gasteiger partial charge in [0.25, 0.3) is 0 Å². The molecule has 0 aliphatic heterocycles. The van der Waals surface area contributed by atoms with Crippen LogP contribution >= 0.6 is 0 Å². The Morgan fingerprint density at radius 1 is 1.15 bits per heavy atom. The summed E-state index contributed by atoms with van der Waals surface area (Å²) >= 11 is 0. The molecule has 0 radical (unpaired) electrons. The highest BCUT2D eigenvalue weighted by atomic mass is 19.4. The van der Waals surface area contributed by atoms with Crippen molar-refractivity contribution in [1.82, 2.24) is 9.55 Å². The van der Waals surface area contributed by atoms with Crippen LogP contribution in [0.15, 0.2) is 36.7 Å². The average molecular weight is 284 g/mol. The van der Waals surface area contributed by atoms with Crippen LogP contribution in [0, 0.1) is 0 Å². The van der Waals surface area contributed by atoms with Crippen LogP contribution in [-0.4, -0.2) is 15.9 Å². The molecule has 0 fully saturated rings. The fourth-order valence-corrected chi connectivity index (χ4v) is 1.89. The zero-order chi connectivity index (χ0) is 15.0. The lowest BCUT2D eigenvalue weighted by molar-refractivity contribution is -0.274. The molecule has 1 aromatic carbocycles. The van der Waals surface area contributed by atoms with Gasteiger partial charge in [-0.1, -0.05) is 12.1 Å². The first-order chi connectivity index (χ1) is 9.17. The molecule has 108 valence electrons. The van der Waals surface area contributed by atoms with Crippen molar-refractivity contribution >= 4 is 0 Å². The molecule has 0 atom stereocenters. The summed E-state index contributed by atoms with van der Waals surface area (Å²) in [7, 11) is 0. The van der Waals surface area contributed by atoms with Crippen LogP contribution in [0.5, 0.6) is 5.75 Å². The molecule has 0 aliphatic rings. The van der Waals surface area contributed by atoms with Gasteiger partial charge in [0.05, 0.1) is 0 Å².